The summed E-state index contributed by atoms with van der Waals surface area (Å²) in [5, 5.41) is 15.3. The van der Waals surface area contributed by atoms with Gasteiger partial charge in [-0.25, -0.2) is 13.2 Å². The van der Waals surface area contributed by atoms with Gasteiger partial charge >= 0.3 is 5.97 Å². The number of hydroxylamine groups is 1. The number of sulfone groups is 1. The Bertz CT molecular complexity index is 933. The number of hydrogen-bond acceptors (Lipinski definition) is 8. The average molecular weight is 483 g/mol. The van der Waals surface area contributed by atoms with Crippen LogP contribution in [0.15, 0.2) is 29.2 Å². The molecule has 1 aromatic carbocycles. The highest BCUT2D eigenvalue weighted by Crippen LogP contribution is 2.24. The lowest BCUT2D eigenvalue weighted by Crippen LogP contribution is -2.62. The molecule has 0 aliphatic carbocycles. The minimum atomic E-state index is -4.47. The summed E-state index contributed by atoms with van der Waals surface area (Å²) in [4.78, 5) is 26.8. The van der Waals surface area contributed by atoms with E-state index in [0.29, 0.717) is 6.42 Å². The van der Waals surface area contributed by atoms with Crippen LogP contribution in [0.5, 0.6) is 0 Å². The van der Waals surface area contributed by atoms with Gasteiger partial charge in [0.15, 0.2) is 6.10 Å². The molecule has 1 aromatic rings. The summed E-state index contributed by atoms with van der Waals surface area (Å²) in [5.74, 6) is -1.61. The van der Waals surface area contributed by atoms with Gasteiger partial charge in [0, 0.05) is 12.5 Å². The van der Waals surface area contributed by atoms with E-state index in [1.54, 1.807) is 19.1 Å². The van der Waals surface area contributed by atoms with Crippen molar-refractivity contribution in [2.45, 2.75) is 67.4 Å². The van der Waals surface area contributed by atoms with Gasteiger partial charge in [0.05, 0.1) is 11.4 Å². The van der Waals surface area contributed by atoms with Crippen LogP contribution in [-0.4, -0.2) is 62.1 Å². The molecule has 0 spiro atoms. The number of aryl methyl sites for hydroxylation is 1. The molecule has 1 amide bonds. The fourth-order valence-corrected chi connectivity index (χ4v) is 5.65. The number of carboxylic acid groups (broad SMARTS) is 1. The van der Waals surface area contributed by atoms with Crippen LogP contribution >= 0.6 is 0 Å². The van der Waals surface area contributed by atoms with Crippen molar-refractivity contribution in [2.75, 3.05) is 19.6 Å². The molecule has 2 aliphatic rings. The fourth-order valence-electron chi connectivity index (χ4n) is 4.24. The van der Waals surface area contributed by atoms with Crippen molar-refractivity contribution in [3.8, 4) is 0 Å². The average Bonchev–Trinajstić information content (AvgIpc) is 3.27. The molecule has 0 unspecified atom stereocenters. The lowest BCUT2D eigenvalue weighted by atomic mass is 9.91. The second-order valence-electron chi connectivity index (χ2n) is 9.01. The zero-order chi connectivity index (χ0) is 24.1. The molecular formula is C22H34N4O6S. The first-order valence-corrected chi connectivity index (χ1v) is 12.8. The maximum absolute atomic E-state index is 12.9. The van der Waals surface area contributed by atoms with Crippen LogP contribution in [0.25, 0.3) is 0 Å². The number of nitrogens with one attached hydrogen (secondary N) is 3. The number of carbonyl (C=O) groups excluding carboxylic acids is 1. The summed E-state index contributed by atoms with van der Waals surface area (Å²) in [6.45, 7) is 3.13. The Labute approximate surface area is 194 Å². The molecule has 2 saturated heterocycles. The lowest BCUT2D eigenvalue weighted by molar-refractivity contribution is -0.140. The monoisotopic (exact) mass is 482 g/mol. The van der Waals surface area contributed by atoms with E-state index < -0.39 is 39.2 Å². The van der Waals surface area contributed by atoms with Crippen molar-refractivity contribution < 1.29 is 28.0 Å². The van der Waals surface area contributed by atoms with Gasteiger partial charge in [-0.05, 0) is 57.3 Å². The van der Waals surface area contributed by atoms with E-state index in [0.717, 1.165) is 43.8 Å². The van der Waals surface area contributed by atoms with Gasteiger partial charge in [-0.3, -0.25) is 9.63 Å². The number of amides is 1. The Balaban J connectivity index is 1.52. The third kappa shape index (κ3) is 6.10. The van der Waals surface area contributed by atoms with Gasteiger partial charge in [-0.1, -0.05) is 30.5 Å². The van der Waals surface area contributed by atoms with Crippen molar-refractivity contribution in [1.29, 1.82) is 0 Å². The SMILES string of the molecule is Cc1ccc(S(=O)(=O)[C@@](N)(CNC(=O)[C@H]2C[C@H](CCCC3CCNCC3)NO2)C(=O)O)cc1. The molecule has 2 fully saturated rings. The van der Waals surface area contributed by atoms with Crippen LogP contribution in [0.1, 0.15) is 44.1 Å². The number of piperidine rings is 1. The third-order valence-electron chi connectivity index (χ3n) is 6.49. The second kappa shape index (κ2) is 10.9. The largest absolute Gasteiger partial charge is 0.479 e. The number of nitrogens with two attached hydrogens (primary N) is 1. The Morgan fingerprint density at radius 1 is 1.21 bits per heavy atom. The summed E-state index contributed by atoms with van der Waals surface area (Å²) in [7, 11) is -4.47. The van der Waals surface area contributed by atoms with Crippen molar-refractivity contribution >= 4 is 21.7 Å². The summed E-state index contributed by atoms with van der Waals surface area (Å²) < 4.78 is 25.9. The van der Waals surface area contributed by atoms with Crippen molar-refractivity contribution in [2.24, 2.45) is 11.7 Å². The molecule has 0 saturated carbocycles. The lowest BCUT2D eigenvalue weighted by Gasteiger charge is -2.25. The molecule has 2 aliphatic heterocycles. The van der Waals surface area contributed by atoms with Gasteiger partial charge in [0.25, 0.3) is 5.91 Å². The van der Waals surface area contributed by atoms with Crippen molar-refractivity contribution in [3.05, 3.63) is 29.8 Å². The zero-order valence-electron chi connectivity index (χ0n) is 18.9. The number of benzene rings is 1. The molecule has 11 heteroatoms. The van der Waals surface area contributed by atoms with E-state index in [2.05, 4.69) is 16.1 Å². The molecule has 0 bridgehead atoms. The number of carboxylic acids is 1. The van der Waals surface area contributed by atoms with Crippen LogP contribution < -0.4 is 21.8 Å². The molecular weight excluding hydrogens is 448 g/mol. The molecule has 10 nitrogen and oxygen atoms in total. The van der Waals surface area contributed by atoms with Crippen LogP contribution in [0, 0.1) is 12.8 Å². The second-order valence-corrected chi connectivity index (χ2v) is 11.2. The summed E-state index contributed by atoms with van der Waals surface area (Å²) in [6, 6.07) is 5.72. The highest BCUT2D eigenvalue weighted by Gasteiger charge is 2.49. The van der Waals surface area contributed by atoms with Gasteiger partial charge in [-0.15, -0.1) is 0 Å². The maximum Gasteiger partial charge on any atom is 0.341 e. The first-order valence-electron chi connectivity index (χ1n) is 11.4. The van der Waals surface area contributed by atoms with Gasteiger partial charge in [0.1, 0.15) is 0 Å². The minimum Gasteiger partial charge on any atom is -0.479 e. The van der Waals surface area contributed by atoms with Crippen LogP contribution in [0.4, 0.5) is 0 Å². The normalized spacial score (nSPS) is 23.7. The molecule has 6 N–H and O–H groups in total. The quantitative estimate of drug-likeness (QED) is 0.319. The predicted molar refractivity (Wildman–Crippen MR) is 122 cm³/mol. The Morgan fingerprint density at radius 2 is 1.88 bits per heavy atom. The van der Waals surface area contributed by atoms with Crippen LogP contribution in [0.3, 0.4) is 0 Å². The molecule has 0 aromatic heterocycles. The molecule has 184 valence electrons. The number of rotatable bonds is 10. The summed E-state index contributed by atoms with van der Waals surface area (Å²) in [5.41, 5.74) is 9.52. The molecule has 3 rings (SSSR count). The van der Waals surface area contributed by atoms with Crippen molar-refractivity contribution in [1.82, 2.24) is 16.1 Å². The van der Waals surface area contributed by atoms with E-state index in [-0.39, 0.29) is 10.9 Å². The zero-order valence-corrected chi connectivity index (χ0v) is 19.7. The topological polar surface area (TPSA) is 160 Å². The predicted octanol–water partition coefficient (Wildman–Crippen LogP) is 0.457. The van der Waals surface area contributed by atoms with E-state index in [1.807, 2.05) is 0 Å². The van der Waals surface area contributed by atoms with Crippen LogP contribution in [0.2, 0.25) is 0 Å². The Hall–Kier alpha value is -2.05. The first kappa shape index (κ1) is 25.6. The van der Waals surface area contributed by atoms with E-state index >= 15 is 0 Å². The smallest absolute Gasteiger partial charge is 0.341 e. The summed E-state index contributed by atoms with van der Waals surface area (Å²) >= 11 is 0. The van der Waals surface area contributed by atoms with Gasteiger partial charge < -0.3 is 21.5 Å². The van der Waals surface area contributed by atoms with Crippen molar-refractivity contribution in [3.63, 3.8) is 0 Å². The number of aliphatic carboxylic acids is 1. The molecule has 33 heavy (non-hydrogen) atoms. The maximum atomic E-state index is 12.9. The van der Waals surface area contributed by atoms with E-state index in [1.165, 1.54) is 25.0 Å². The Morgan fingerprint density at radius 3 is 2.52 bits per heavy atom. The molecule has 0 radical (unpaired) electrons. The first-order chi connectivity index (χ1) is 15.6. The van der Waals surface area contributed by atoms with Crippen LogP contribution in [-0.2, 0) is 24.3 Å². The Kier molecular flexibility index (Phi) is 8.46. The third-order valence-corrected chi connectivity index (χ3v) is 8.66. The standard InChI is InChI=1S/C22H34N4O6S/c1-15-5-7-18(8-6-15)33(30,31)22(23,21(28)29)14-25-20(27)19-13-17(26-32-19)4-2-3-16-9-11-24-12-10-16/h5-8,16-17,19,24,26H,2-4,9-14,23H2,1H3,(H,25,27)(H,28,29)/t17-,19+,22-/m0/s1. The van der Waals surface area contributed by atoms with E-state index in [4.69, 9.17) is 10.6 Å². The minimum absolute atomic E-state index is 0.0147. The highest BCUT2D eigenvalue weighted by atomic mass is 32.2. The molecule has 2 heterocycles. The van der Waals surface area contributed by atoms with Gasteiger partial charge in [0.2, 0.25) is 14.7 Å². The molecule has 3 atom stereocenters. The number of hydrogen-bond donors (Lipinski definition) is 5. The van der Waals surface area contributed by atoms with Gasteiger partial charge in [-0.2, -0.15) is 5.48 Å². The highest BCUT2D eigenvalue weighted by molar-refractivity contribution is 7.93. The summed E-state index contributed by atoms with van der Waals surface area (Å²) in [6.07, 6.45) is 5.00. The number of carbonyl (C=O) groups is 2. The fraction of sp³-hybridized carbons (Fsp3) is 0.636. The van der Waals surface area contributed by atoms with E-state index in [9.17, 15) is 23.1 Å².